The molecule has 0 aliphatic rings. The Kier molecular flexibility index (Phi) is 3.33. The van der Waals surface area contributed by atoms with Crippen LogP contribution in [-0.2, 0) is 5.33 Å². The summed E-state index contributed by atoms with van der Waals surface area (Å²) in [5.74, 6) is 0. The third-order valence-electron chi connectivity index (χ3n) is 1.84. The van der Waals surface area contributed by atoms with Crippen LogP contribution in [0.15, 0.2) is 22.0 Å². The van der Waals surface area contributed by atoms with Crippen LogP contribution in [0.4, 0.5) is 0 Å². The lowest BCUT2D eigenvalue weighted by Crippen LogP contribution is -1.77. The Hall–Kier alpha value is 0.870. The molecule has 0 spiro atoms. The lowest BCUT2D eigenvalue weighted by atomic mass is 10.2. The van der Waals surface area contributed by atoms with Gasteiger partial charge in [-0.3, -0.25) is 0 Å². The first-order valence-corrected chi connectivity index (χ1v) is 7.51. The third kappa shape index (κ3) is 1.82. The van der Waals surface area contributed by atoms with E-state index in [0.717, 1.165) is 5.33 Å². The first-order valence-electron chi connectivity index (χ1n) is 3.64. The Balaban J connectivity index is 2.87. The summed E-state index contributed by atoms with van der Waals surface area (Å²) in [5.41, 5.74) is 1.37. The van der Waals surface area contributed by atoms with Gasteiger partial charge in [0.2, 0.25) is 0 Å². The molecule has 0 saturated heterocycles. The Morgan fingerprint density at radius 1 is 1.38 bits per heavy atom. The van der Waals surface area contributed by atoms with Crippen LogP contribution < -0.4 is 0 Å². The average molecular weight is 432 g/mol. The van der Waals surface area contributed by atoms with Gasteiger partial charge in [0.25, 0.3) is 0 Å². The molecule has 0 saturated carbocycles. The van der Waals surface area contributed by atoms with Gasteiger partial charge in [0, 0.05) is 23.5 Å². The number of benzene rings is 1. The van der Waals surface area contributed by atoms with Gasteiger partial charge in [0.05, 0.1) is 0 Å². The molecule has 2 aromatic rings. The van der Waals surface area contributed by atoms with Gasteiger partial charge in [-0.05, 0) is 45.7 Å². The van der Waals surface area contributed by atoms with Gasteiger partial charge in [-0.2, -0.15) is 0 Å². The van der Waals surface area contributed by atoms with Crippen molar-refractivity contribution in [1.82, 2.24) is 0 Å². The molecule has 0 aliphatic carbocycles. The molecule has 1 heterocycles. The molecule has 0 bridgehead atoms. The highest BCUT2D eigenvalue weighted by Crippen LogP contribution is 2.36. The van der Waals surface area contributed by atoms with Crippen LogP contribution in [0.1, 0.15) is 5.56 Å². The van der Waals surface area contributed by atoms with Crippen molar-refractivity contribution in [3.8, 4) is 0 Å². The van der Waals surface area contributed by atoms with Crippen molar-refractivity contribution in [3.05, 3.63) is 31.1 Å². The summed E-state index contributed by atoms with van der Waals surface area (Å²) in [6, 6.07) is 4.25. The monoisotopic (exact) mass is 430 g/mol. The van der Waals surface area contributed by atoms with Crippen LogP contribution in [0.25, 0.3) is 10.1 Å². The van der Waals surface area contributed by atoms with E-state index in [9.17, 15) is 0 Å². The normalized spacial score (nSPS) is 11.0. The number of alkyl halides is 1. The smallest absolute Gasteiger partial charge is 0.0490 e. The fourth-order valence-corrected chi connectivity index (χ4v) is 4.44. The van der Waals surface area contributed by atoms with Crippen LogP contribution in [0.2, 0.25) is 0 Å². The number of hydrogen-bond acceptors (Lipinski definition) is 1. The Morgan fingerprint density at radius 3 is 2.85 bits per heavy atom. The third-order valence-corrected chi connectivity index (χ3v) is 5.43. The van der Waals surface area contributed by atoms with Gasteiger partial charge < -0.3 is 0 Å². The molecule has 0 radical (unpaired) electrons. The van der Waals surface area contributed by atoms with Gasteiger partial charge in [-0.1, -0.05) is 31.9 Å². The van der Waals surface area contributed by atoms with Gasteiger partial charge >= 0.3 is 0 Å². The van der Waals surface area contributed by atoms with Crippen molar-refractivity contribution in [2.45, 2.75) is 5.33 Å². The predicted octanol–water partition coefficient (Wildman–Crippen LogP) is 5.16. The number of fused-ring (bicyclic) bond motifs is 1. The first kappa shape index (κ1) is 10.4. The number of rotatable bonds is 1. The Bertz CT molecular complexity index is 450. The second kappa shape index (κ2) is 4.16. The van der Waals surface area contributed by atoms with E-state index < -0.39 is 0 Å². The van der Waals surface area contributed by atoms with Crippen molar-refractivity contribution in [3.63, 3.8) is 0 Å². The molecular weight excluding hydrogens is 427 g/mol. The minimum Gasteiger partial charge on any atom is -0.142 e. The second-order valence-electron chi connectivity index (χ2n) is 2.63. The summed E-state index contributed by atoms with van der Waals surface area (Å²) < 4.78 is 3.90. The summed E-state index contributed by atoms with van der Waals surface area (Å²) >= 11 is 11.3. The standard InChI is InChI=1S/C9H5Br2IS/c10-3-5-4-13-9-7(12)2-1-6(11)8(5)9/h1-2,4H,3H2. The molecule has 0 N–H and O–H groups in total. The van der Waals surface area contributed by atoms with Crippen molar-refractivity contribution < 1.29 is 0 Å². The highest BCUT2D eigenvalue weighted by molar-refractivity contribution is 14.1. The van der Waals surface area contributed by atoms with Crippen LogP contribution >= 0.6 is 65.8 Å². The van der Waals surface area contributed by atoms with E-state index in [1.807, 2.05) is 11.3 Å². The molecule has 0 amide bonds. The van der Waals surface area contributed by atoms with Gasteiger partial charge in [-0.15, -0.1) is 11.3 Å². The molecule has 0 fully saturated rings. The molecular formula is C9H5Br2IS. The van der Waals surface area contributed by atoms with Gasteiger partial charge in [0.15, 0.2) is 0 Å². The predicted molar refractivity (Wildman–Crippen MR) is 74.9 cm³/mol. The second-order valence-corrected chi connectivity index (χ2v) is 6.08. The first-order chi connectivity index (χ1) is 6.24. The largest absolute Gasteiger partial charge is 0.142 e. The SMILES string of the molecule is BrCc1csc2c(I)ccc(Br)c12. The van der Waals surface area contributed by atoms with Crippen LogP contribution in [0.3, 0.4) is 0 Å². The molecule has 0 unspecified atom stereocenters. The summed E-state index contributed by atoms with van der Waals surface area (Å²) in [5, 5.41) is 4.49. The van der Waals surface area contributed by atoms with E-state index in [2.05, 4.69) is 72.0 Å². The van der Waals surface area contributed by atoms with E-state index in [4.69, 9.17) is 0 Å². The minimum atomic E-state index is 0.922. The van der Waals surface area contributed by atoms with E-state index in [1.165, 1.54) is 23.7 Å². The van der Waals surface area contributed by atoms with E-state index in [-0.39, 0.29) is 0 Å². The summed E-state index contributed by atoms with van der Waals surface area (Å²) in [4.78, 5) is 0. The van der Waals surface area contributed by atoms with Crippen molar-refractivity contribution in [1.29, 1.82) is 0 Å². The van der Waals surface area contributed by atoms with E-state index in [0.29, 0.717) is 0 Å². The molecule has 13 heavy (non-hydrogen) atoms. The van der Waals surface area contributed by atoms with Crippen LogP contribution in [0, 0.1) is 3.57 Å². The van der Waals surface area contributed by atoms with Crippen LogP contribution in [0.5, 0.6) is 0 Å². The quantitative estimate of drug-likeness (QED) is 0.432. The zero-order valence-corrected chi connectivity index (χ0v) is 12.6. The molecule has 0 atom stereocenters. The van der Waals surface area contributed by atoms with E-state index in [1.54, 1.807) is 0 Å². The average Bonchev–Trinajstić information content (AvgIpc) is 2.56. The molecule has 1 aromatic carbocycles. The fraction of sp³-hybridized carbons (Fsp3) is 0.111. The fourth-order valence-electron chi connectivity index (χ4n) is 1.23. The lowest BCUT2D eigenvalue weighted by molar-refractivity contribution is 1.53. The molecule has 2 rings (SSSR count). The Morgan fingerprint density at radius 2 is 2.15 bits per heavy atom. The van der Waals surface area contributed by atoms with Crippen LogP contribution in [-0.4, -0.2) is 0 Å². The minimum absolute atomic E-state index is 0.922. The number of hydrogen-bond donors (Lipinski definition) is 0. The molecule has 1 aromatic heterocycles. The molecule has 0 nitrogen and oxygen atoms in total. The topological polar surface area (TPSA) is 0 Å². The zero-order valence-electron chi connectivity index (χ0n) is 6.48. The maximum absolute atomic E-state index is 3.58. The zero-order chi connectivity index (χ0) is 9.42. The molecule has 0 aliphatic heterocycles. The number of thiophene rings is 1. The summed E-state index contributed by atoms with van der Waals surface area (Å²) in [6.07, 6.45) is 0. The maximum Gasteiger partial charge on any atom is 0.0490 e. The van der Waals surface area contributed by atoms with Gasteiger partial charge in [-0.25, -0.2) is 0 Å². The van der Waals surface area contributed by atoms with Gasteiger partial charge in [0.1, 0.15) is 0 Å². The number of halogens is 3. The lowest BCUT2D eigenvalue weighted by Gasteiger charge is -1.98. The highest BCUT2D eigenvalue weighted by atomic mass is 127. The van der Waals surface area contributed by atoms with Crippen molar-refractivity contribution in [2.24, 2.45) is 0 Å². The molecule has 4 heteroatoms. The van der Waals surface area contributed by atoms with E-state index >= 15 is 0 Å². The summed E-state index contributed by atoms with van der Waals surface area (Å²) in [7, 11) is 0. The van der Waals surface area contributed by atoms with Crippen molar-refractivity contribution in [2.75, 3.05) is 0 Å². The van der Waals surface area contributed by atoms with Crippen molar-refractivity contribution >= 4 is 75.9 Å². The molecule has 68 valence electrons. The Labute approximate surface area is 111 Å². The highest BCUT2D eigenvalue weighted by Gasteiger charge is 2.08. The summed E-state index contributed by atoms with van der Waals surface area (Å²) in [6.45, 7) is 0. The maximum atomic E-state index is 3.58.